The molecule has 0 radical (unpaired) electrons. The molecule has 3 heteroatoms. The Morgan fingerprint density at radius 3 is 2.05 bits per heavy atom. The summed E-state index contributed by atoms with van der Waals surface area (Å²) in [6.07, 6.45) is 0.675. The van der Waals surface area contributed by atoms with Crippen LogP contribution in [0.4, 0.5) is 0 Å². The Bertz CT molecular complexity index is 474. The van der Waals surface area contributed by atoms with Gasteiger partial charge in [0, 0.05) is 35.4 Å². The highest BCUT2D eigenvalue weighted by Gasteiger charge is 2.20. The molecule has 0 atom stereocenters. The number of hydrogen-bond donors (Lipinski definition) is 0. The van der Waals surface area contributed by atoms with Crippen LogP contribution < -0.4 is 0 Å². The second-order valence-corrected chi connectivity index (χ2v) is 7.70. The Kier molecular flexibility index (Phi) is 5.62. The Labute approximate surface area is 131 Å². The SMILES string of the molecule is CCC(=O)C1CSCc2c(C)cc(C)c(c2C)CSC1. The summed E-state index contributed by atoms with van der Waals surface area (Å²) >= 11 is 3.85. The normalized spacial score (nSPS) is 17.0. The van der Waals surface area contributed by atoms with Gasteiger partial charge in [0.2, 0.25) is 0 Å². The van der Waals surface area contributed by atoms with E-state index in [0.29, 0.717) is 12.2 Å². The predicted octanol–water partition coefficient (Wildman–Crippen LogP) is 4.69. The molecule has 1 aliphatic heterocycles. The quantitative estimate of drug-likeness (QED) is 0.789. The van der Waals surface area contributed by atoms with E-state index in [-0.39, 0.29) is 5.92 Å². The maximum absolute atomic E-state index is 12.0. The summed E-state index contributed by atoms with van der Waals surface area (Å²) < 4.78 is 0. The van der Waals surface area contributed by atoms with Gasteiger partial charge in [0.25, 0.3) is 0 Å². The van der Waals surface area contributed by atoms with Crippen LogP contribution in [0.3, 0.4) is 0 Å². The summed E-state index contributed by atoms with van der Waals surface area (Å²) in [5.41, 5.74) is 7.25. The summed E-state index contributed by atoms with van der Waals surface area (Å²) in [7, 11) is 0. The first-order valence-corrected chi connectivity index (χ1v) is 9.62. The summed E-state index contributed by atoms with van der Waals surface area (Å²) in [5, 5.41) is 0. The van der Waals surface area contributed by atoms with E-state index in [2.05, 4.69) is 26.8 Å². The fraction of sp³-hybridized carbons (Fsp3) is 0.588. The van der Waals surface area contributed by atoms with Gasteiger partial charge in [-0.25, -0.2) is 0 Å². The van der Waals surface area contributed by atoms with E-state index in [1.165, 1.54) is 27.8 Å². The van der Waals surface area contributed by atoms with Gasteiger partial charge in [0.1, 0.15) is 5.78 Å². The Hall–Kier alpha value is -0.410. The molecule has 1 aromatic rings. The second kappa shape index (κ2) is 7.04. The zero-order valence-electron chi connectivity index (χ0n) is 12.9. The molecule has 2 bridgehead atoms. The van der Waals surface area contributed by atoms with E-state index < -0.39 is 0 Å². The van der Waals surface area contributed by atoms with Crippen molar-refractivity contribution in [2.75, 3.05) is 11.5 Å². The van der Waals surface area contributed by atoms with Gasteiger partial charge in [-0.2, -0.15) is 23.5 Å². The highest BCUT2D eigenvalue weighted by molar-refractivity contribution is 7.99. The molecule has 1 aliphatic rings. The lowest BCUT2D eigenvalue weighted by Gasteiger charge is -2.21. The van der Waals surface area contributed by atoms with Crippen LogP contribution in [-0.2, 0) is 16.3 Å². The van der Waals surface area contributed by atoms with E-state index in [1.807, 2.05) is 30.4 Å². The van der Waals surface area contributed by atoms with E-state index in [4.69, 9.17) is 0 Å². The van der Waals surface area contributed by atoms with E-state index >= 15 is 0 Å². The summed E-state index contributed by atoms with van der Waals surface area (Å²) in [4.78, 5) is 12.0. The summed E-state index contributed by atoms with van der Waals surface area (Å²) in [6.45, 7) is 8.68. The number of rotatable bonds is 2. The maximum Gasteiger partial charge on any atom is 0.137 e. The van der Waals surface area contributed by atoms with Gasteiger partial charge in [-0.05, 0) is 48.6 Å². The molecule has 1 heterocycles. The standard InChI is InChI=1S/C17H24OS2/c1-5-17(18)14-7-19-9-15-11(2)6-12(3)16(13(15)4)10-20-8-14/h6,14H,5,7-10H2,1-4H3. The number of carbonyl (C=O) groups is 1. The zero-order valence-corrected chi connectivity index (χ0v) is 14.5. The minimum absolute atomic E-state index is 0.236. The van der Waals surface area contributed by atoms with Crippen LogP contribution in [-0.4, -0.2) is 17.3 Å². The van der Waals surface area contributed by atoms with Crippen molar-refractivity contribution < 1.29 is 4.79 Å². The average molecular weight is 309 g/mol. The number of aryl methyl sites for hydroxylation is 2. The van der Waals surface area contributed by atoms with Gasteiger partial charge < -0.3 is 0 Å². The van der Waals surface area contributed by atoms with Crippen LogP contribution in [0, 0.1) is 26.7 Å². The number of Topliss-reactive ketones (excluding diaryl/α,β-unsaturated/α-hetero) is 1. The van der Waals surface area contributed by atoms with E-state index in [1.54, 1.807) is 0 Å². The predicted molar refractivity (Wildman–Crippen MR) is 91.8 cm³/mol. The van der Waals surface area contributed by atoms with Crippen molar-refractivity contribution in [3.05, 3.63) is 33.9 Å². The monoisotopic (exact) mass is 308 g/mol. The largest absolute Gasteiger partial charge is 0.299 e. The molecule has 0 aliphatic carbocycles. The number of hydrogen-bond acceptors (Lipinski definition) is 3. The maximum atomic E-state index is 12.0. The highest BCUT2D eigenvalue weighted by Crippen LogP contribution is 2.32. The lowest BCUT2D eigenvalue weighted by molar-refractivity contribution is -0.121. The van der Waals surface area contributed by atoms with Crippen molar-refractivity contribution in [1.82, 2.24) is 0 Å². The lowest BCUT2D eigenvalue weighted by atomic mass is 9.95. The number of ketones is 1. The van der Waals surface area contributed by atoms with Crippen molar-refractivity contribution in [3.63, 3.8) is 0 Å². The second-order valence-electron chi connectivity index (χ2n) is 5.64. The van der Waals surface area contributed by atoms with Gasteiger partial charge in [0.05, 0.1) is 0 Å². The number of thioether (sulfide) groups is 2. The molecule has 0 spiro atoms. The van der Waals surface area contributed by atoms with E-state index in [9.17, 15) is 4.79 Å². The third-order valence-corrected chi connectivity index (χ3v) is 6.49. The summed E-state index contributed by atoms with van der Waals surface area (Å²) in [5.74, 6) is 4.70. The van der Waals surface area contributed by atoms with Crippen LogP contribution in [0.15, 0.2) is 6.07 Å². The van der Waals surface area contributed by atoms with Crippen LogP contribution in [0.1, 0.15) is 41.2 Å². The first-order valence-electron chi connectivity index (χ1n) is 7.31. The molecule has 1 nitrogen and oxygen atoms in total. The van der Waals surface area contributed by atoms with Gasteiger partial charge in [-0.3, -0.25) is 4.79 Å². The van der Waals surface area contributed by atoms with Crippen molar-refractivity contribution >= 4 is 29.3 Å². The van der Waals surface area contributed by atoms with Gasteiger partial charge in [0.15, 0.2) is 0 Å². The Morgan fingerprint density at radius 1 is 1.10 bits per heavy atom. The molecule has 20 heavy (non-hydrogen) atoms. The number of carbonyl (C=O) groups excluding carboxylic acids is 1. The molecule has 0 saturated heterocycles. The molecule has 0 N–H and O–H groups in total. The fourth-order valence-corrected chi connectivity index (χ4v) is 5.70. The Balaban J connectivity index is 2.26. The molecule has 0 saturated carbocycles. The average Bonchev–Trinajstić information content (AvgIpc) is 2.42. The molecule has 0 aromatic heterocycles. The smallest absolute Gasteiger partial charge is 0.137 e. The van der Waals surface area contributed by atoms with Crippen molar-refractivity contribution in [2.45, 2.75) is 45.6 Å². The highest BCUT2D eigenvalue weighted by atomic mass is 32.2. The molecule has 0 fully saturated rings. The Morgan fingerprint density at radius 2 is 1.60 bits per heavy atom. The molecular formula is C17H24OS2. The van der Waals surface area contributed by atoms with Crippen LogP contribution in [0.2, 0.25) is 0 Å². The van der Waals surface area contributed by atoms with Gasteiger partial charge in [-0.1, -0.05) is 13.0 Å². The minimum atomic E-state index is 0.236. The third kappa shape index (κ3) is 3.43. The number of fused-ring (bicyclic) bond motifs is 2. The van der Waals surface area contributed by atoms with Crippen molar-refractivity contribution in [2.24, 2.45) is 5.92 Å². The van der Waals surface area contributed by atoms with E-state index in [0.717, 1.165) is 23.0 Å². The minimum Gasteiger partial charge on any atom is -0.299 e. The van der Waals surface area contributed by atoms with Crippen LogP contribution in [0.5, 0.6) is 0 Å². The molecule has 1 aromatic carbocycles. The van der Waals surface area contributed by atoms with Crippen molar-refractivity contribution in [1.29, 1.82) is 0 Å². The van der Waals surface area contributed by atoms with Crippen LogP contribution >= 0.6 is 23.5 Å². The van der Waals surface area contributed by atoms with Gasteiger partial charge >= 0.3 is 0 Å². The first kappa shape index (κ1) is 16.0. The molecule has 0 unspecified atom stereocenters. The number of benzene rings is 1. The van der Waals surface area contributed by atoms with Crippen LogP contribution in [0.25, 0.3) is 0 Å². The topological polar surface area (TPSA) is 17.1 Å². The lowest BCUT2D eigenvalue weighted by Crippen LogP contribution is -2.20. The van der Waals surface area contributed by atoms with Crippen molar-refractivity contribution in [3.8, 4) is 0 Å². The molecule has 0 amide bonds. The summed E-state index contributed by atoms with van der Waals surface area (Å²) in [6, 6.07) is 2.33. The van der Waals surface area contributed by atoms with Gasteiger partial charge in [-0.15, -0.1) is 0 Å². The molecule has 110 valence electrons. The first-order chi connectivity index (χ1) is 9.54. The third-order valence-electron chi connectivity index (χ3n) is 4.23. The molecule has 2 rings (SSSR count). The fourth-order valence-electron chi connectivity index (χ4n) is 2.85. The molecular weight excluding hydrogens is 284 g/mol. The zero-order chi connectivity index (χ0) is 14.7.